The second kappa shape index (κ2) is 10.7. The molecule has 0 spiro atoms. The number of halogens is 4. The molecule has 0 saturated heterocycles. The van der Waals surface area contributed by atoms with Crippen molar-refractivity contribution < 1.29 is 27.5 Å². The van der Waals surface area contributed by atoms with Crippen LogP contribution in [0.5, 0.6) is 0 Å². The Morgan fingerprint density at radius 3 is 2.48 bits per heavy atom. The van der Waals surface area contributed by atoms with Gasteiger partial charge in [0.1, 0.15) is 11.6 Å². The van der Waals surface area contributed by atoms with Gasteiger partial charge in [0.2, 0.25) is 0 Å². The van der Waals surface area contributed by atoms with Gasteiger partial charge in [-0.15, -0.1) is 0 Å². The lowest BCUT2D eigenvalue weighted by Crippen LogP contribution is -2.28. The van der Waals surface area contributed by atoms with Crippen LogP contribution in [0.2, 0.25) is 0 Å². The quantitative estimate of drug-likeness (QED) is 0.327. The molecule has 174 valence electrons. The molecule has 1 heterocycles. The van der Waals surface area contributed by atoms with Gasteiger partial charge < -0.3 is 15.3 Å². The van der Waals surface area contributed by atoms with Gasteiger partial charge in [-0.2, -0.15) is 13.2 Å². The molecule has 33 heavy (non-hydrogen) atoms. The van der Waals surface area contributed by atoms with E-state index in [4.69, 9.17) is 0 Å². The van der Waals surface area contributed by atoms with Crippen LogP contribution >= 0.6 is 11.8 Å². The number of benzene rings is 2. The Morgan fingerprint density at radius 2 is 1.88 bits per heavy atom. The summed E-state index contributed by atoms with van der Waals surface area (Å²) in [5, 5.41) is 12.0. The number of pyridine rings is 1. The molecule has 0 bridgehead atoms. The van der Waals surface area contributed by atoms with E-state index >= 15 is 0 Å². The second-order valence-electron chi connectivity index (χ2n) is 6.94. The first-order chi connectivity index (χ1) is 15.7. The third-order valence-electron chi connectivity index (χ3n) is 4.66. The molecule has 0 radical (unpaired) electrons. The van der Waals surface area contributed by atoms with Crippen LogP contribution < -0.4 is 10.2 Å². The minimum absolute atomic E-state index is 0.00319. The molecule has 0 atom stereocenters. The molecular weight excluding hydrogens is 458 g/mol. The van der Waals surface area contributed by atoms with Crippen molar-refractivity contribution >= 4 is 29.2 Å². The summed E-state index contributed by atoms with van der Waals surface area (Å²) in [6.45, 7) is 2.61. The van der Waals surface area contributed by atoms with E-state index in [1.807, 2.05) is 6.92 Å². The third kappa shape index (κ3) is 6.69. The fourth-order valence-electron chi connectivity index (χ4n) is 3.18. The number of anilines is 2. The number of carbonyl (C=O) groups is 1. The molecule has 3 aromatic rings. The van der Waals surface area contributed by atoms with E-state index in [2.05, 4.69) is 10.3 Å². The summed E-state index contributed by atoms with van der Waals surface area (Å²) in [6.07, 6.45) is 1.36. The number of carbonyl (C=O) groups excluding carboxylic acids is 1. The standard InChI is InChI=1S/C23H21F4N3O2S/c1-2-30(10-11-31)21-20(15-4-3-5-17(24)12-15)13-16(14-28-21)22(32)29-18-6-8-19(9-7-18)33-23(25,26)27/h3-9,12-14,31H,2,10-11H2,1H3,(H,29,32). The molecule has 5 nitrogen and oxygen atoms in total. The topological polar surface area (TPSA) is 65.5 Å². The first-order valence-electron chi connectivity index (χ1n) is 9.99. The highest BCUT2D eigenvalue weighted by atomic mass is 32.2. The number of amides is 1. The number of thioether (sulfide) groups is 1. The summed E-state index contributed by atoms with van der Waals surface area (Å²) in [7, 11) is 0. The summed E-state index contributed by atoms with van der Waals surface area (Å²) in [5.74, 6) is -0.481. The second-order valence-corrected chi connectivity index (χ2v) is 8.07. The van der Waals surface area contributed by atoms with Crippen molar-refractivity contribution in [3.8, 4) is 11.1 Å². The number of nitrogens with zero attached hydrogens (tertiary/aromatic N) is 2. The molecule has 1 amide bonds. The molecule has 0 aliphatic rings. The lowest BCUT2D eigenvalue weighted by molar-refractivity contribution is -0.0328. The largest absolute Gasteiger partial charge is 0.446 e. The fourth-order valence-corrected chi connectivity index (χ4v) is 3.72. The Balaban J connectivity index is 1.90. The van der Waals surface area contributed by atoms with Gasteiger partial charge in [0.25, 0.3) is 5.91 Å². The average molecular weight is 479 g/mol. The third-order valence-corrected chi connectivity index (χ3v) is 5.40. The smallest absolute Gasteiger partial charge is 0.395 e. The van der Waals surface area contributed by atoms with Gasteiger partial charge in [0.05, 0.1) is 12.2 Å². The van der Waals surface area contributed by atoms with E-state index in [1.165, 1.54) is 42.6 Å². The van der Waals surface area contributed by atoms with Crippen LogP contribution in [0.1, 0.15) is 17.3 Å². The maximum atomic E-state index is 13.9. The first kappa shape index (κ1) is 24.5. The Kier molecular flexibility index (Phi) is 7.93. The highest BCUT2D eigenvalue weighted by Gasteiger charge is 2.29. The van der Waals surface area contributed by atoms with E-state index in [0.29, 0.717) is 35.7 Å². The van der Waals surface area contributed by atoms with Crippen molar-refractivity contribution in [3.05, 3.63) is 72.2 Å². The average Bonchev–Trinajstić information content (AvgIpc) is 2.77. The molecule has 0 aliphatic heterocycles. The van der Waals surface area contributed by atoms with E-state index in [9.17, 15) is 27.5 Å². The number of aromatic nitrogens is 1. The van der Waals surface area contributed by atoms with Crippen LogP contribution in [0.3, 0.4) is 0 Å². The number of nitrogens with one attached hydrogen (secondary N) is 1. The Labute approximate surface area is 192 Å². The van der Waals surface area contributed by atoms with E-state index in [1.54, 1.807) is 23.1 Å². The number of likely N-dealkylation sites (N-methyl/N-ethyl adjacent to an activating group) is 1. The van der Waals surface area contributed by atoms with Gasteiger partial charge in [-0.1, -0.05) is 12.1 Å². The molecule has 0 aliphatic carbocycles. The SMILES string of the molecule is CCN(CCO)c1ncc(C(=O)Nc2ccc(SC(F)(F)F)cc2)cc1-c1cccc(F)c1. The van der Waals surface area contributed by atoms with Crippen LogP contribution in [0, 0.1) is 5.82 Å². The van der Waals surface area contributed by atoms with Crippen molar-refractivity contribution in [3.63, 3.8) is 0 Å². The number of hydrogen-bond donors (Lipinski definition) is 2. The minimum atomic E-state index is -4.39. The number of aliphatic hydroxyl groups excluding tert-OH is 1. The maximum Gasteiger partial charge on any atom is 0.446 e. The maximum absolute atomic E-state index is 13.9. The minimum Gasteiger partial charge on any atom is -0.395 e. The van der Waals surface area contributed by atoms with Gasteiger partial charge in [-0.05, 0) is 66.7 Å². The molecule has 0 fully saturated rings. The first-order valence-corrected chi connectivity index (χ1v) is 10.8. The molecule has 1 aromatic heterocycles. The Bertz CT molecular complexity index is 1110. The van der Waals surface area contributed by atoms with E-state index in [-0.39, 0.29) is 28.8 Å². The summed E-state index contributed by atoms with van der Waals surface area (Å²) >= 11 is -0.240. The van der Waals surface area contributed by atoms with Gasteiger partial charge in [0, 0.05) is 35.4 Å². The summed E-state index contributed by atoms with van der Waals surface area (Å²) in [6, 6.07) is 12.7. The highest BCUT2D eigenvalue weighted by Crippen LogP contribution is 2.37. The normalized spacial score (nSPS) is 11.3. The highest BCUT2D eigenvalue weighted by molar-refractivity contribution is 8.00. The van der Waals surface area contributed by atoms with Crippen molar-refractivity contribution in [1.29, 1.82) is 0 Å². The van der Waals surface area contributed by atoms with Gasteiger partial charge >= 0.3 is 5.51 Å². The van der Waals surface area contributed by atoms with Crippen molar-refractivity contribution in [2.45, 2.75) is 17.3 Å². The van der Waals surface area contributed by atoms with Crippen LogP contribution in [0.25, 0.3) is 11.1 Å². The lowest BCUT2D eigenvalue weighted by atomic mass is 10.0. The Morgan fingerprint density at radius 1 is 1.15 bits per heavy atom. The molecule has 3 rings (SSSR count). The number of aliphatic hydroxyl groups is 1. The van der Waals surface area contributed by atoms with Gasteiger partial charge in [-0.25, -0.2) is 9.37 Å². The molecule has 2 aromatic carbocycles. The number of rotatable bonds is 8. The van der Waals surface area contributed by atoms with E-state index in [0.717, 1.165) is 0 Å². The van der Waals surface area contributed by atoms with Gasteiger partial charge in [0.15, 0.2) is 0 Å². The summed E-state index contributed by atoms with van der Waals surface area (Å²) in [5.41, 5.74) is -2.87. The Hall–Kier alpha value is -3.11. The molecule has 0 saturated carbocycles. The zero-order valence-electron chi connectivity index (χ0n) is 17.6. The van der Waals surface area contributed by atoms with Crippen LogP contribution in [-0.2, 0) is 0 Å². The van der Waals surface area contributed by atoms with Crippen LogP contribution in [-0.4, -0.2) is 41.2 Å². The van der Waals surface area contributed by atoms with Crippen molar-refractivity contribution in [2.24, 2.45) is 0 Å². The zero-order valence-corrected chi connectivity index (χ0v) is 18.4. The predicted molar refractivity (Wildman–Crippen MR) is 121 cm³/mol. The molecular formula is C23H21F4N3O2S. The van der Waals surface area contributed by atoms with Crippen molar-refractivity contribution in [1.82, 2.24) is 4.98 Å². The molecule has 2 N–H and O–H groups in total. The lowest BCUT2D eigenvalue weighted by Gasteiger charge is -2.24. The zero-order chi connectivity index (χ0) is 24.0. The predicted octanol–water partition coefficient (Wildman–Crippen LogP) is 5.57. The molecule has 0 unspecified atom stereocenters. The number of hydrogen-bond acceptors (Lipinski definition) is 5. The van der Waals surface area contributed by atoms with Crippen LogP contribution in [0.4, 0.5) is 29.1 Å². The monoisotopic (exact) mass is 479 g/mol. The molecule has 10 heteroatoms. The van der Waals surface area contributed by atoms with Crippen LogP contribution in [0.15, 0.2) is 65.7 Å². The summed E-state index contributed by atoms with van der Waals surface area (Å²) < 4.78 is 51.3. The van der Waals surface area contributed by atoms with Gasteiger partial charge in [-0.3, -0.25) is 4.79 Å². The van der Waals surface area contributed by atoms with Crippen molar-refractivity contribution in [2.75, 3.05) is 29.9 Å². The number of alkyl halides is 3. The summed E-state index contributed by atoms with van der Waals surface area (Å²) in [4.78, 5) is 19.0. The fraction of sp³-hybridized carbons (Fsp3) is 0.217. The van der Waals surface area contributed by atoms with E-state index < -0.39 is 17.2 Å².